The molecule has 0 aliphatic carbocycles. The number of rotatable bonds is 6. The summed E-state index contributed by atoms with van der Waals surface area (Å²) < 4.78 is 44.6. The summed E-state index contributed by atoms with van der Waals surface area (Å²) in [6.07, 6.45) is -4.32. The molecule has 0 spiro atoms. The Morgan fingerprint density at radius 3 is 2.71 bits per heavy atom. The van der Waals surface area contributed by atoms with Gasteiger partial charge in [0.1, 0.15) is 12.4 Å². The zero-order chi connectivity index (χ0) is 12.7. The largest absolute Gasteiger partial charge is 0.468 e. The van der Waals surface area contributed by atoms with Crippen molar-refractivity contribution >= 4 is 0 Å². The molecule has 0 atom stereocenters. The lowest BCUT2D eigenvalue weighted by atomic mass is 10.2. The SMILES string of the molecule is CNCc1cccc(OCOCC(F)(F)F)c1. The Bertz CT molecular complexity index is 342. The monoisotopic (exact) mass is 249 g/mol. The summed E-state index contributed by atoms with van der Waals surface area (Å²) in [6.45, 7) is -1.05. The van der Waals surface area contributed by atoms with Gasteiger partial charge in [-0.05, 0) is 24.7 Å². The van der Waals surface area contributed by atoms with Gasteiger partial charge in [0.15, 0.2) is 6.79 Å². The van der Waals surface area contributed by atoms with Crippen LogP contribution < -0.4 is 10.1 Å². The van der Waals surface area contributed by atoms with Crippen LogP contribution in [-0.2, 0) is 11.3 Å². The van der Waals surface area contributed by atoms with Crippen molar-refractivity contribution in [3.8, 4) is 5.75 Å². The molecule has 0 bridgehead atoms. The molecule has 0 saturated heterocycles. The van der Waals surface area contributed by atoms with Crippen LogP contribution in [0.15, 0.2) is 24.3 Å². The summed E-state index contributed by atoms with van der Waals surface area (Å²) in [5, 5.41) is 2.96. The van der Waals surface area contributed by atoms with Gasteiger partial charge in [0, 0.05) is 6.54 Å². The highest BCUT2D eigenvalue weighted by molar-refractivity contribution is 5.28. The Labute approximate surface area is 97.5 Å². The summed E-state index contributed by atoms with van der Waals surface area (Å²) >= 11 is 0. The Balaban J connectivity index is 2.34. The molecule has 0 aliphatic heterocycles. The number of hydrogen-bond donors (Lipinski definition) is 1. The average Bonchev–Trinajstić information content (AvgIpc) is 2.24. The lowest BCUT2D eigenvalue weighted by molar-refractivity contribution is -0.186. The number of benzene rings is 1. The van der Waals surface area contributed by atoms with E-state index in [-0.39, 0.29) is 0 Å². The normalized spacial score (nSPS) is 11.5. The fourth-order valence-electron chi connectivity index (χ4n) is 1.22. The maximum atomic E-state index is 11.8. The van der Waals surface area contributed by atoms with Gasteiger partial charge in [-0.15, -0.1) is 0 Å². The molecule has 0 unspecified atom stereocenters. The summed E-state index contributed by atoms with van der Waals surface area (Å²) in [4.78, 5) is 0. The topological polar surface area (TPSA) is 30.5 Å². The molecule has 1 rings (SSSR count). The minimum absolute atomic E-state index is 0.414. The van der Waals surface area contributed by atoms with Crippen LogP contribution in [0.2, 0.25) is 0 Å². The first-order valence-electron chi connectivity index (χ1n) is 5.02. The lowest BCUT2D eigenvalue weighted by Gasteiger charge is -2.10. The van der Waals surface area contributed by atoms with Gasteiger partial charge < -0.3 is 14.8 Å². The number of nitrogens with one attached hydrogen (secondary N) is 1. The Kier molecular flexibility index (Phi) is 5.24. The molecule has 3 nitrogen and oxygen atoms in total. The number of ether oxygens (including phenoxy) is 2. The van der Waals surface area contributed by atoms with Crippen molar-refractivity contribution in [1.29, 1.82) is 0 Å². The van der Waals surface area contributed by atoms with Crippen LogP contribution in [0.5, 0.6) is 5.75 Å². The fourth-order valence-corrected chi connectivity index (χ4v) is 1.22. The van der Waals surface area contributed by atoms with E-state index in [9.17, 15) is 13.2 Å². The van der Waals surface area contributed by atoms with Crippen molar-refractivity contribution in [2.45, 2.75) is 12.7 Å². The highest BCUT2D eigenvalue weighted by Crippen LogP contribution is 2.16. The van der Waals surface area contributed by atoms with E-state index in [2.05, 4.69) is 10.1 Å². The molecule has 6 heteroatoms. The van der Waals surface area contributed by atoms with E-state index < -0.39 is 19.6 Å². The summed E-state index contributed by atoms with van der Waals surface area (Å²) in [5.74, 6) is 0.486. The average molecular weight is 249 g/mol. The maximum Gasteiger partial charge on any atom is 0.411 e. The summed E-state index contributed by atoms with van der Waals surface area (Å²) in [6, 6.07) is 7.06. The van der Waals surface area contributed by atoms with E-state index in [0.717, 1.165) is 5.56 Å². The van der Waals surface area contributed by atoms with Gasteiger partial charge in [0.05, 0.1) is 0 Å². The molecule has 96 valence electrons. The van der Waals surface area contributed by atoms with Crippen LogP contribution in [-0.4, -0.2) is 26.6 Å². The number of hydrogen-bond acceptors (Lipinski definition) is 3. The molecule has 0 radical (unpaired) electrons. The van der Waals surface area contributed by atoms with Crippen LogP contribution >= 0.6 is 0 Å². The summed E-state index contributed by atoms with van der Waals surface area (Å²) in [5.41, 5.74) is 0.987. The zero-order valence-corrected chi connectivity index (χ0v) is 9.38. The standard InChI is InChI=1S/C11H14F3NO2/c1-15-6-9-3-2-4-10(5-9)17-8-16-7-11(12,13)14/h2-5,15H,6-8H2,1H3. The minimum atomic E-state index is -4.32. The van der Waals surface area contributed by atoms with Crippen LogP contribution in [0.25, 0.3) is 0 Å². The summed E-state index contributed by atoms with van der Waals surface area (Å²) in [7, 11) is 1.81. The maximum absolute atomic E-state index is 11.8. The number of alkyl halides is 3. The van der Waals surface area contributed by atoms with Crippen LogP contribution in [0.4, 0.5) is 13.2 Å². The molecule has 0 saturated carbocycles. The van der Waals surface area contributed by atoms with E-state index in [4.69, 9.17) is 4.74 Å². The molecular formula is C11H14F3NO2. The van der Waals surface area contributed by atoms with E-state index in [1.54, 1.807) is 25.2 Å². The number of halogens is 3. The smallest absolute Gasteiger partial charge is 0.411 e. The van der Waals surface area contributed by atoms with E-state index in [0.29, 0.717) is 12.3 Å². The van der Waals surface area contributed by atoms with Crippen molar-refractivity contribution in [1.82, 2.24) is 5.32 Å². The van der Waals surface area contributed by atoms with Crippen molar-refractivity contribution in [2.75, 3.05) is 20.4 Å². The molecular weight excluding hydrogens is 235 g/mol. The van der Waals surface area contributed by atoms with E-state index in [1.165, 1.54) is 0 Å². The zero-order valence-electron chi connectivity index (χ0n) is 9.38. The quantitative estimate of drug-likeness (QED) is 0.620. The molecule has 17 heavy (non-hydrogen) atoms. The lowest BCUT2D eigenvalue weighted by Crippen LogP contribution is -2.19. The molecule has 0 aliphatic rings. The predicted octanol–water partition coefficient (Wildman–Crippen LogP) is 2.32. The molecule has 0 amide bonds. The molecule has 0 heterocycles. The third-order valence-electron chi connectivity index (χ3n) is 1.85. The van der Waals surface area contributed by atoms with Crippen molar-refractivity contribution in [3.63, 3.8) is 0 Å². The highest BCUT2D eigenvalue weighted by Gasteiger charge is 2.27. The second-order valence-electron chi connectivity index (χ2n) is 3.40. The van der Waals surface area contributed by atoms with Gasteiger partial charge in [-0.3, -0.25) is 0 Å². The van der Waals surface area contributed by atoms with Gasteiger partial charge in [0.2, 0.25) is 0 Å². The Morgan fingerprint density at radius 1 is 1.29 bits per heavy atom. The van der Waals surface area contributed by atoms with E-state index in [1.807, 2.05) is 6.07 Å². The molecule has 0 fully saturated rings. The van der Waals surface area contributed by atoms with Gasteiger partial charge >= 0.3 is 6.18 Å². The molecule has 1 aromatic carbocycles. The Hall–Kier alpha value is -1.27. The second-order valence-corrected chi connectivity index (χ2v) is 3.40. The van der Waals surface area contributed by atoms with E-state index >= 15 is 0 Å². The minimum Gasteiger partial charge on any atom is -0.468 e. The first-order valence-corrected chi connectivity index (χ1v) is 5.02. The predicted molar refractivity (Wildman–Crippen MR) is 56.7 cm³/mol. The molecule has 1 aromatic rings. The van der Waals surface area contributed by atoms with Crippen molar-refractivity contribution in [3.05, 3.63) is 29.8 Å². The Morgan fingerprint density at radius 2 is 2.06 bits per heavy atom. The third-order valence-corrected chi connectivity index (χ3v) is 1.85. The van der Waals surface area contributed by atoms with Gasteiger partial charge in [0.25, 0.3) is 0 Å². The van der Waals surface area contributed by atoms with Gasteiger partial charge in [-0.1, -0.05) is 12.1 Å². The van der Waals surface area contributed by atoms with Gasteiger partial charge in [-0.25, -0.2) is 0 Å². The third kappa shape index (κ3) is 6.13. The van der Waals surface area contributed by atoms with Crippen LogP contribution in [0.3, 0.4) is 0 Å². The van der Waals surface area contributed by atoms with Gasteiger partial charge in [-0.2, -0.15) is 13.2 Å². The first-order chi connectivity index (χ1) is 8.01. The first kappa shape index (κ1) is 13.8. The molecule has 1 N–H and O–H groups in total. The fraction of sp³-hybridized carbons (Fsp3) is 0.455. The van der Waals surface area contributed by atoms with Crippen molar-refractivity contribution in [2.24, 2.45) is 0 Å². The molecule has 0 aromatic heterocycles. The van der Waals surface area contributed by atoms with Crippen LogP contribution in [0.1, 0.15) is 5.56 Å². The second kappa shape index (κ2) is 6.46. The van der Waals surface area contributed by atoms with Crippen LogP contribution in [0, 0.1) is 0 Å². The highest BCUT2D eigenvalue weighted by atomic mass is 19.4. The van der Waals surface area contributed by atoms with Crippen molar-refractivity contribution < 1.29 is 22.6 Å².